The first-order valence-electron chi connectivity index (χ1n) is 48.6. The van der Waals surface area contributed by atoms with Crippen molar-refractivity contribution in [2.75, 3.05) is 0 Å². The summed E-state index contributed by atoms with van der Waals surface area (Å²) in [5.41, 5.74) is 62.5. The van der Waals surface area contributed by atoms with Gasteiger partial charge >= 0.3 is 0 Å². The molecule has 15 aromatic carbocycles. The minimum atomic E-state index is 0.127. The second-order valence-electron chi connectivity index (χ2n) is 41.9. The molecule has 0 heteroatoms. The lowest BCUT2D eigenvalue weighted by molar-refractivity contribution is 0.486. The summed E-state index contributed by atoms with van der Waals surface area (Å²) in [4.78, 5) is 0. The van der Waals surface area contributed by atoms with E-state index in [9.17, 15) is 0 Å². The van der Waals surface area contributed by atoms with Crippen LogP contribution in [-0.4, -0.2) is 0 Å². The molecule has 0 fully saturated rings. The van der Waals surface area contributed by atoms with Crippen LogP contribution in [0, 0.1) is 194 Å². The maximum absolute atomic E-state index is 2.46. The van der Waals surface area contributed by atoms with Gasteiger partial charge in [-0.1, -0.05) is 378 Å². The van der Waals surface area contributed by atoms with Gasteiger partial charge in [0.05, 0.1) is 0 Å². The molecule has 0 atom stereocenters. The van der Waals surface area contributed by atoms with Crippen LogP contribution in [0.25, 0.3) is 66.1 Å². The average Bonchev–Trinajstić information content (AvgIpc) is 1.60. The van der Waals surface area contributed by atoms with Crippen LogP contribution < -0.4 is 0 Å². The number of unbranched alkanes of at least 4 members (excludes halogenated alkanes) is 3. The van der Waals surface area contributed by atoms with Gasteiger partial charge in [0.25, 0.3) is 0 Å². The van der Waals surface area contributed by atoms with Crippen LogP contribution in [-0.2, 0) is 21.7 Å². The fraction of sp³-hybridized carbons (Fsp3) is 0.344. The summed E-state index contributed by atoms with van der Waals surface area (Å²) in [5, 5.41) is 5.59. The van der Waals surface area contributed by atoms with Crippen molar-refractivity contribution >= 4 is 21.5 Å². The standard InChI is InChI=1S/C22H28.C19H22.2C17H18.2C14H16.C10H14.2C9H12/c1-5-6-7-8-13-22(4)20-14-16(2)9-11-18(20)19-12-10-17(3)15-21(19)22;1-11-7-15-16-8-12(2)14(4)10-18(16)19(5,6)17(15)9-13(11)3;1-11-5-7-15-13(9-11)14-10-12(2)6-8-16(14)17(15,3)4;1-11-5-7-13-14-8-6-12(2)10-16(14)17(3,4)15(13)9-11;1-9-5-11(3)14-8-10(2)6-12(4)13(14)7-9;1-9-5-7-14-12(4)10(2)6-8-13(14)11(9)3;1-7-5-9(3)10(4)6-8(7)2;1-7-4-8(2)6-9(3)5-7;1-7-4-5-8(2)9(3)6-7/h9-12,14-15H,5-8,13H2,1-4H3;7-10H,1-6H3;2*5-10H,1-4H3;2*5-8H,1-4H3;5-6H,1-4H3;2*4-6H,1-3H3. The molecule has 0 saturated heterocycles. The largest absolute Gasteiger partial charge is 0.0654 e. The van der Waals surface area contributed by atoms with Gasteiger partial charge in [-0.2, -0.15) is 0 Å². The molecule has 0 bridgehead atoms. The Morgan fingerprint density at radius 3 is 0.771 bits per heavy atom. The van der Waals surface area contributed by atoms with Gasteiger partial charge in [-0.25, -0.2) is 0 Å². The lowest BCUT2D eigenvalue weighted by Gasteiger charge is -2.28. The van der Waals surface area contributed by atoms with Crippen LogP contribution in [0.4, 0.5) is 0 Å². The fourth-order valence-corrected chi connectivity index (χ4v) is 20.5. The highest BCUT2D eigenvalue weighted by Crippen LogP contribution is 2.55. The SMILES string of the molecule is CCCCCCC1(C)c2cc(C)ccc2-c2ccc(C)cc21.Cc1cc(C)c(C)cc1C.Cc1cc(C)c2cc(C)cc(C)c2c1.Cc1cc(C)cc(C)c1.Cc1cc2c(cc1C)C(C)(C)c1cc(C)c(C)cc1-2.Cc1ccc(C)c(C)c1.Cc1ccc2c(C)c(C)ccc2c1C.Cc1ccc2c(c1)-c1cc(C)ccc1C2(C)C.Cc1ccc2c(c1)C(C)(C)c1cc(C)ccc1-2. The van der Waals surface area contributed by atoms with Crippen molar-refractivity contribution in [3.05, 3.63) is 431 Å². The molecule has 0 heterocycles. The van der Waals surface area contributed by atoms with Crippen LogP contribution >= 0.6 is 0 Å². The van der Waals surface area contributed by atoms with Crippen LogP contribution in [0.1, 0.15) is 288 Å². The zero-order valence-corrected chi connectivity index (χ0v) is 87.5. The summed E-state index contributed by atoms with van der Waals surface area (Å²) >= 11 is 0. The van der Waals surface area contributed by atoms with Gasteiger partial charge < -0.3 is 0 Å². The quantitative estimate of drug-likeness (QED) is 0.151. The van der Waals surface area contributed by atoms with Crippen LogP contribution in [0.2, 0.25) is 0 Å². The molecule has 19 rings (SSSR count). The molecule has 0 saturated carbocycles. The second-order valence-corrected chi connectivity index (χ2v) is 41.9. The number of hydrogen-bond donors (Lipinski definition) is 0. The Kier molecular flexibility index (Phi) is 31.7. The average molecular weight is 1730 g/mol. The Hall–Kier alpha value is -11.2. The molecular formula is C131H156. The topological polar surface area (TPSA) is 0 Å². The summed E-state index contributed by atoms with van der Waals surface area (Å²) in [7, 11) is 0. The van der Waals surface area contributed by atoms with Crippen molar-refractivity contribution < 1.29 is 0 Å². The van der Waals surface area contributed by atoms with Crippen molar-refractivity contribution in [1.29, 1.82) is 0 Å². The molecule has 680 valence electrons. The zero-order chi connectivity index (χ0) is 96.1. The predicted molar refractivity (Wildman–Crippen MR) is 579 cm³/mol. The van der Waals surface area contributed by atoms with E-state index in [0.29, 0.717) is 0 Å². The van der Waals surface area contributed by atoms with E-state index in [2.05, 4.69) is 480 Å². The van der Waals surface area contributed by atoms with Gasteiger partial charge in [0, 0.05) is 21.7 Å². The van der Waals surface area contributed by atoms with Gasteiger partial charge in [-0.15, -0.1) is 0 Å². The van der Waals surface area contributed by atoms with Gasteiger partial charge in [0.15, 0.2) is 0 Å². The molecule has 0 N–H and O–H groups in total. The van der Waals surface area contributed by atoms with E-state index in [1.807, 2.05) is 0 Å². The van der Waals surface area contributed by atoms with Gasteiger partial charge in [-0.05, 0) is 400 Å². The van der Waals surface area contributed by atoms with E-state index in [-0.39, 0.29) is 21.7 Å². The summed E-state index contributed by atoms with van der Waals surface area (Å²) in [6.07, 6.45) is 6.61. The van der Waals surface area contributed by atoms with Crippen molar-refractivity contribution in [2.45, 2.75) is 303 Å². The van der Waals surface area contributed by atoms with E-state index in [1.54, 1.807) is 11.1 Å². The molecule has 4 aliphatic rings. The second kappa shape index (κ2) is 41.3. The van der Waals surface area contributed by atoms with E-state index >= 15 is 0 Å². The number of benzene rings is 15. The number of aryl methyl sites for hydroxylation is 28. The highest BCUT2D eigenvalue weighted by atomic mass is 14.4. The molecule has 0 nitrogen and oxygen atoms in total. The lowest BCUT2D eigenvalue weighted by Crippen LogP contribution is -2.20. The van der Waals surface area contributed by atoms with Crippen LogP contribution in [0.3, 0.4) is 0 Å². The Morgan fingerprint density at radius 1 is 0.160 bits per heavy atom. The summed E-state index contributed by atoms with van der Waals surface area (Å²) in [5.74, 6) is 0. The molecule has 0 unspecified atom stereocenters. The Morgan fingerprint density at radius 2 is 0.420 bits per heavy atom. The molecule has 0 aliphatic heterocycles. The fourth-order valence-electron chi connectivity index (χ4n) is 20.5. The number of rotatable bonds is 5. The molecule has 0 radical (unpaired) electrons. The lowest BCUT2D eigenvalue weighted by atomic mass is 9.75. The highest BCUT2D eigenvalue weighted by Gasteiger charge is 2.41. The maximum atomic E-state index is 2.46. The summed E-state index contributed by atoms with van der Waals surface area (Å²) in [6.45, 7) is 79.5. The monoisotopic (exact) mass is 1730 g/mol. The highest BCUT2D eigenvalue weighted by molar-refractivity contribution is 5.92. The molecule has 0 amide bonds. The van der Waals surface area contributed by atoms with Crippen molar-refractivity contribution in [1.82, 2.24) is 0 Å². The normalized spacial score (nSPS) is 13.1. The van der Waals surface area contributed by atoms with Crippen molar-refractivity contribution in [3.8, 4) is 44.5 Å². The van der Waals surface area contributed by atoms with Gasteiger partial charge in [-0.3, -0.25) is 0 Å². The predicted octanol–water partition coefficient (Wildman–Crippen LogP) is 37.3. The minimum absolute atomic E-state index is 0.127. The molecule has 131 heavy (non-hydrogen) atoms. The van der Waals surface area contributed by atoms with Crippen LogP contribution in [0.5, 0.6) is 0 Å². The third-order valence-corrected chi connectivity index (χ3v) is 29.4. The van der Waals surface area contributed by atoms with E-state index < -0.39 is 0 Å². The third kappa shape index (κ3) is 22.4. The van der Waals surface area contributed by atoms with E-state index in [4.69, 9.17) is 0 Å². The molecule has 0 spiro atoms. The Bertz CT molecular complexity index is 6320. The third-order valence-electron chi connectivity index (χ3n) is 29.4. The number of hydrogen-bond acceptors (Lipinski definition) is 0. The Labute approximate surface area is 794 Å². The first kappa shape index (κ1) is 100. The summed E-state index contributed by atoms with van der Waals surface area (Å²) < 4.78 is 0. The smallest absolute Gasteiger partial charge is 0.0187 e. The van der Waals surface area contributed by atoms with E-state index in [1.165, 1.54) is 287 Å². The minimum Gasteiger partial charge on any atom is -0.0654 e. The molecule has 4 aliphatic carbocycles. The van der Waals surface area contributed by atoms with E-state index in [0.717, 1.165) is 0 Å². The van der Waals surface area contributed by atoms with Gasteiger partial charge in [0.1, 0.15) is 0 Å². The van der Waals surface area contributed by atoms with Crippen LogP contribution in [0.15, 0.2) is 231 Å². The zero-order valence-electron chi connectivity index (χ0n) is 87.5. The van der Waals surface area contributed by atoms with Gasteiger partial charge in [0.2, 0.25) is 0 Å². The van der Waals surface area contributed by atoms with Crippen molar-refractivity contribution in [3.63, 3.8) is 0 Å². The first-order chi connectivity index (χ1) is 61.5. The van der Waals surface area contributed by atoms with Crippen molar-refractivity contribution in [2.24, 2.45) is 0 Å². The maximum Gasteiger partial charge on any atom is 0.0187 e. The molecule has 15 aromatic rings. The molecule has 0 aromatic heterocycles. The summed E-state index contributed by atoms with van der Waals surface area (Å²) in [6, 6.07) is 86.3. The number of fused-ring (bicyclic) bond motifs is 14. The first-order valence-corrected chi connectivity index (χ1v) is 48.6. The Balaban J connectivity index is 0.000000144. The molecular weight excluding hydrogens is 1570 g/mol.